The number of rotatable bonds is 7. The van der Waals surface area contributed by atoms with Crippen molar-refractivity contribution >= 4 is 28.7 Å². The van der Waals surface area contributed by atoms with E-state index in [9.17, 15) is 4.79 Å². The summed E-state index contributed by atoms with van der Waals surface area (Å²) in [7, 11) is 3.19. The minimum Gasteiger partial charge on any atom is -0.493 e. The van der Waals surface area contributed by atoms with Crippen molar-refractivity contribution in [3.8, 4) is 11.5 Å². The Morgan fingerprint density at radius 3 is 2.35 bits per heavy atom. The van der Waals surface area contributed by atoms with E-state index >= 15 is 0 Å². The molecule has 0 N–H and O–H groups in total. The van der Waals surface area contributed by atoms with Crippen LogP contribution < -0.4 is 9.47 Å². The van der Waals surface area contributed by atoms with Gasteiger partial charge in [0.05, 0.1) is 37.5 Å². The lowest BCUT2D eigenvalue weighted by Gasteiger charge is -2.07. The summed E-state index contributed by atoms with van der Waals surface area (Å²) in [4.78, 5) is 18.2. The minimum absolute atomic E-state index is 0.109. The molecule has 0 atom stereocenters. The number of fused-ring (bicyclic) bond motifs is 3. The van der Waals surface area contributed by atoms with Crippen molar-refractivity contribution in [2.75, 3.05) is 14.2 Å². The molecule has 34 heavy (non-hydrogen) atoms. The molecule has 5 rings (SSSR count). The van der Waals surface area contributed by atoms with Crippen LogP contribution in [0.1, 0.15) is 27.3 Å². The van der Waals surface area contributed by atoms with Gasteiger partial charge in [-0.05, 0) is 48.4 Å². The molecular weight excluding hydrogens is 426 g/mol. The Kier molecular flexibility index (Phi) is 5.64. The first kappa shape index (κ1) is 21.5. The molecule has 0 unspecified atom stereocenters. The summed E-state index contributed by atoms with van der Waals surface area (Å²) in [6, 6.07) is 23.9. The van der Waals surface area contributed by atoms with Crippen LogP contribution in [0, 0.1) is 6.92 Å². The quantitative estimate of drug-likeness (QED) is 0.240. The second kappa shape index (κ2) is 8.90. The number of carbonyl (C=O) groups excluding carboxylic acids is 1. The lowest BCUT2D eigenvalue weighted by molar-refractivity contribution is 0.104. The molecule has 3 aromatic carbocycles. The Balaban J connectivity index is 1.58. The molecule has 0 radical (unpaired) electrons. The zero-order valence-corrected chi connectivity index (χ0v) is 19.4. The van der Waals surface area contributed by atoms with Crippen molar-refractivity contribution in [1.82, 2.24) is 14.0 Å². The third-order valence-electron chi connectivity index (χ3n) is 5.94. The van der Waals surface area contributed by atoms with Crippen molar-refractivity contribution in [1.29, 1.82) is 0 Å². The van der Waals surface area contributed by atoms with E-state index in [-0.39, 0.29) is 5.78 Å². The van der Waals surface area contributed by atoms with Crippen LogP contribution in [-0.2, 0) is 6.54 Å². The number of aryl methyl sites for hydroxylation is 1. The highest BCUT2D eigenvalue weighted by Crippen LogP contribution is 2.29. The number of aromatic nitrogens is 3. The van der Waals surface area contributed by atoms with Crippen LogP contribution in [0.15, 0.2) is 78.9 Å². The number of methoxy groups -OCH3 is 2. The molecule has 0 spiro atoms. The number of carbonyl (C=O) groups is 1. The normalized spacial score (nSPS) is 11.5. The number of allylic oxidation sites excluding steroid dienone is 1. The van der Waals surface area contributed by atoms with Crippen LogP contribution in [0.3, 0.4) is 0 Å². The van der Waals surface area contributed by atoms with E-state index in [0.29, 0.717) is 29.4 Å². The molecule has 2 aromatic heterocycles. The molecule has 0 amide bonds. The van der Waals surface area contributed by atoms with Gasteiger partial charge in [-0.1, -0.05) is 54.6 Å². The second-order valence-corrected chi connectivity index (χ2v) is 8.05. The zero-order chi connectivity index (χ0) is 23.7. The maximum atomic E-state index is 13.4. The molecule has 6 nitrogen and oxygen atoms in total. The summed E-state index contributed by atoms with van der Waals surface area (Å²) in [6.45, 7) is 2.55. The van der Waals surface area contributed by atoms with Gasteiger partial charge in [0, 0.05) is 0 Å². The predicted molar refractivity (Wildman–Crippen MR) is 134 cm³/mol. The van der Waals surface area contributed by atoms with Gasteiger partial charge in [-0.3, -0.25) is 9.20 Å². The minimum atomic E-state index is -0.109. The predicted octanol–water partition coefficient (Wildman–Crippen LogP) is 5.56. The SMILES string of the molecule is COc1ccc(C=CC(=O)c2c(C)nc3n(Cc4ccccc4)c4ccccc4n23)cc1OC. The topological polar surface area (TPSA) is 57.8 Å². The summed E-state index contributed by atoms with van der Waals surface area (Å²) in [5, 5.41) is 0. The van der Waals surface area contributed by atoms with Gasteiger partial charge >= 0.3 is 0 Å². The fraction of sp³-hybridized carbons (Fsp3) is 0.143. The number of imidazole rings is 2. The highest BCUT2D eigenvalue weighted by atomic mass is 16.5. The third kappa shape index (κ3) is 3.73. The first-order chi connectivity index (χ1) is 16.6. The van der Waals surface area contributed by atoms with Gasteiger partial charge in [-0.25, -0.2) is 4.98 Å². The molecule has 0 aliphatic carbocycles. The van der Waals surface area contributed by atoms with E-state index in [4.69, 9.17) is 14.5 Å². The van der Waals surface area contributed by atoms with Crippen LogP contribution in [0.2, 0.25) is 0 Å². The molecule has 170 valence electrons. The number of para-hydroxylation sites is 2. The summed E-state index contributed by atoms with van der Waals surface area (Å²) in [5.41, 5.74) is 5.27. The third-order valence-corrected chi connectivity index (χ3v) is 5.94. The summed E-state index contributed by atoms with van der Waals surface area (Å²) in [5.74, 6) is 1.90. The standard InChI is InChI=1S/C28H25N3O3/c1-19-27(24(32)15-13-20-14-16-25(33-2)26(17-20)34-3)31-23-12-8-7-11-22(23)30(28(31)29-19)18-21-9-5-4-6-10-21/h4-17H,18H2,1-3H3. The van der Waals surface area contributed by atoms with Crippen LogP contribution in [0.4, 0.5) is 0 Å². The average molecular weight is 452 g/mol. The first-order valence-electron chi connectivity index (χ1n) is 11.1. The fourth-order valence-electron chi connectivity index (χ4n) is 4.33. The van der Waals surface area contributed by atoms with Gasteiger partial charge < -0.3 is 14.0 Å². The van der Waals surface area contributed by atoms with Crippen LogP contribution in [0.5, 0.6) is 11.5 Å². The largest absolute Gasteiger partial charge is 0.493 e. The lowest BCUT2D eigenvalue weighted by atomic mass is 10.1. The van der Waals surface area contributed by atoms with Crippen molar-refractivity contribution < 1.29 is 14.3 Å². The Hall–Kier alpha value is -4.32. The van der Waals surface area contributed by atoms with Gasteiger partial charge in [0.1, 0.15) is 5.69 Å². The van der Waals surface area contributed by atoms with Crippen molar-refractivity contribution in [2.45, 2.75) is 13.5 Å². The fourth-order valence-corrected chi connectivity index (χ4v) is 4.33. The Morgan fingerprint density at radius 2 is 1.62 bits per heavy atom. The monoisotopic (exact) mass is 451 g/mol. The Morgan fingerprint density at radius 1 is 0.912 bits per heavy atom. The number of nitrogens with zero attached hydrogens (tertiary/aromatic N) is 3. The van der Waals surface area contributed by atoms with E-state index in [1.54, 1.807) is 26.4 Å². The van der Waals surface area contributed by atoms with Crippen molar-refractivity contribution in [2.24, 2.45) is 0 Å². The van der Waals surface area contributed by atoms with Gasteiger partial charge in [0.2, 0.25) is 11.6 Å². The van der Waals surface area contributed by atoms with E-state index in [2.05, 4.69) is 22.8 Å². The van der Waals surface area contributed by atoms with Crippen molar-refractivity contribution in [3.05, 3.63) is 101 Å². The molecule has 0 fully saturated rings. The maximum absolute atomic E-state index is 13.4. The second-order valence-electron chi connectivity index (χ2n) is 8.05. The summed E-state index contributed by atoms with van der Waals surface area (Å²) < 4.78 is 14.8. The Labute approximate surface area is 197 Å². The van der Waals surface area contributed by atoms with Gasteiger partial charge in [0.25, 0.3) is 0 Å². The van der Waals surface area contributed by atoms with E-state index in [1.165, 1.54) is 5.56 Å². The molecule has 0 bridgehead atoms. The number of hydrogen-bond donors (Lipinski definition) is 0. The maximum Gasteiger partial charge on any atom is 0.216 e. The number of ether oxygens (including phenoxy) is 2. The molecule has 6 heteroatoms. The van der Waals surface area contributed by atoms with Crippen molar-refractivity contribution in [3.63, 3.8) is 0 Å². The van der Waals surface area contributed by atoms with Crippen LogP contribution in [0.25, 0.3) is 22.9 Å². The highest BCUT2D eigenvalue weighted by molar-refractivity contribution is 6.08. The zero-order valence-electron chi connectivity index (χ0n) is 19.4. The van der Waals surface area contributed by atoms with Crippen LogP contribution >= 0.6 is 0 Å². The Bertz CT molecular complexity index is 1530. The summed E-state index contributed by atoms with van der Waals surface area (Å²) in [6.07, 6.45) is 3.37. The molecule has 0 saturated heterocycles. The first-order valence-corrected chi connectivity index (χ1v) is 11.1. The molecule has 0 aliphatic heterocycles. The van der Waals surface area contributed by atoms with E-state index < -0.39 is 0 Å². The molecule has 5 aromatic rings. The van der Waals surface area contributed by atoms with Crippen LogP contribution in [-0.4, -0.2) is 34.0 Å². The number of ketones is 1. The average Bonchev–Trinajstić information content (AvgIpc) is 3.36. The van der Waals surface area contributed by atoms with E-state index in [1.807, 2.05) is 65.9 Å². The van der Waals surface area contributed by atoms with E-state index in [0.717, 1.165) is 22.4 Å². The molecule has 2 heterocycles. The highest BCUT2D eigenvalue weighted by Gasteiger charge is 2.21. The molecular formula is C28H25N3O3. The molecule has 0 saturated carbocycles. The molecule has 0 aliphatic rings. The summed E-state index contributed by atoms with van der Waals surface area (Å²) >= 11 is 0. The number of hydrogen-bond acceptors (Lipinski definition) is 4. The van der Waals surface area contributed by atoms with Gasteiger partial charge in [0.15, 0.2) is 11.5 Å². The van der Waals surface area contributed by atoms with Gasteiger partial charge in [-0.2, -0.15) is 0 Å². The smallest absolute Gasteiger partial charge is 0.216 e. The van der Waals surface area contributed by atoms with Gasteiger partial charge in [-0.15, -0.1) is 0 Å². The lowest BCUT2D eigenvalue weighted by Crippen LogP contribution is -2.02. The number of benzene rings is 3.